The van der Waals surface area contributed by atoms with Crippen molar-refractivity contribution < 1.29 is 0 Å². The van der Waals surface area contributed by atoms with Gasteiger partial charge >= 0.3 is 0 Å². The third-order valence-electron chi connectivity index (χ3n) is 3.57. The number of nitrogens with one attached hydrogen (secondary N) is 1. The Morgan fingerprint density at radius 3 is 2.28 bits per heavy atom. The van der Waals surface area contributed by atoms with Crippen LogP contribution in [0.3, 0.4) is 0 Å². The van der Waals surface area contributed by atoms with E-state index >= 15 is 0 Å². The van der Waals surface area contributed by atoms with Gasteiger partial charge in [0.1, 0.15) is 0 Å². The first-order chi connectivity index (χ1) is 8.74. The van der Waals surface area contributed by atoms with Crippen LogP contribution in [0.15, 0.2) is 30.3 Å². The Morgan fingerprint density at radius 2 is 1.61 bits per heavy atom. The molecule has 0 amide bonds. The Bertz CT molecular complexity index is 294. The summed E-state index contributed by atoms with van der Waals surface area (Å²) in [6.45, 7) is 6.83. The molecule has 2 atom stereocenters. The van der Waals surface area contributed by atoms with E-state index in [0.29, 0.717) is 12.1 Å². The Morgan fingerprint density at radius 1 is 0.944 bits per heavy atom. The zero-order valence-electron chi connectivity index (χ0n) is 12.3. The van der Waals surface area contributed by atoms with E-state index in [1.165, 1.54) is 44.1 Å². The molecular weight excluding hydrogens is 218 g/mol. The van der Waals surface area contributed by atoms with Crippen molar-refractivity contribution in [1.29, 1.82) is 0 Å². The molecule has 1 N–H and O–H groups in total. The van der Waals surface area contributed by atoms with E-state index in [2.05, 4.69) is 56.4 Å². The van der Waals surface area contributed by atoms with Gasteiger partial charge < -0.3 is 5.32 Å². The third-order valence-corrected chi connectivity index (χ3v) is 3.57. The topological polar surface area (TPSA) is 12.0 Å². The van der Waals surface area contributed by atoms with Crippen LogP contribution in [0.5, 0.6) is 0 Å². The largest absolute Gasteiger partial charge is 0.308 e. The zero-order valence-corrected chi connectivity index (χ0v) is 12.3. The maximum absolute atomic E-state index is 3.69. The first-order valence-electron chi connectivity index (χ1n) is 7.55. The standard InChI is InChI=1S/C17H29N/c1-4-5-6-7-9-12-15(2)18-16(3)17-13-10-8-11-14-17/h8,10-11,13-16,18H,4-7,9,12H2,1-3H3/t15?,16-/m1/s1. The van der Waals surface area contributed by atoms with Crippen LogP contribution in [-0.4, -0.2) is 6.04 Å². The van der Waals surface area contributed by atoms with Crippen LogP contribution < -0.4 is 5.32 Å². The smallest absolute Gasteiger partial charge is 0.0294 e. The number of hydrogen-bond acceptors (Lipinski definition) is 1. The van der Waals surface area contributed by atoms with Gasteiger partial charge in [0.05, 0.1) is 0 Å². The summed E-state index contributed by atoms with van der Waals surface area (Å²) in [5.41, 5.74) is 1.38. The zero-order chi connectivity index (χ0) is 13.2. The molecule has 0 aliphatic carbocycles. The average Bonchev–Trinajstić information content (AvgIpc) is 2.39. The second-order valence-corrected chi connectivity index (χ2v) is 5.40. The molecule has 1 aromatic rings. The Balaban J connectivity index is 2.17. The molecule has 0 aromatic heterocycles. The fourth-order valence-electron chi connectivity index (χ4n) is 2.40. The van der Waals surface area contributed by atoms with Gasteiger partial charge in [0.2, 0.25) is 0 Å². The molecular formula is C17H29N. The summed E-state index contributed by atoms with van der Waals surface area (Å²) in [6.07, 6.45) is 8.16. The van der Waals surface area contributed by atoms with Crippen molar-refractivity contribution in [1.82, 2.24) is 5.32 Å². The van der Waals surface area contributed by atoms with Crippen LogP contribution in [-0.2, 0) is 0 Å². The van der Waals surface area contributed by atoms with Crippen molar-refractivity contribution in [3.63, 3.8) is 0 Å². The molecule has 1 unspecified atom stereocenters. The Kier molecular flexibility index (Phi) is 7.75. The molecule has 0 radical (unpaired) electrons. The summed E-state index contributed by atoms with van der Waals surface area (Å²) in [5.74, 6) is 0. The summed E-state index contributed by atoms with van der Waals surface area (Å²) in [7, 11) is 0. The first-order valence-corrected chi connectivity index (χ1v) is 7.55. The van der Waals surface area contributed by atoms with E-state index in [-0.39, 0.29) is 0 Å². The molecule has 1 heteroatoms. The fourth-order valence-corrected chi connectivity index (χ4v) is 2.40. The summed E-state index contributed by atoms with van der Waals surface area (Å²) < 4.78 is 0. The molecule has 0 bridgehead atoms. The number of benzene rings is 1. The van der Waals surface area contributed by atoms with Gasteiger partial charge in [0, 0.05) is 12.1 Å². The van der Waals surface area contributed by atoms with Gasteiger partial charge in [-0.05, 0) is 25.8 Å². The molecule has 0 aliphatic rings. The predicted octanol–water partition coefficient (Wildman–Crippen LogP) is 5.09. The quantitative estimate of drug-likeness (QED) is 0.600. The van der Waals surface area contributed by atoms with Gasteiger partial charge in [0.25, 0.3) is 0 Å². The second kappa shape index (κ2) is 9.16. The molecule has 0 heterocycles. The highest BCUT2D eigenvalue weighted by Gasteiger charge is 2.08. The number of hydrogen-bond donors (Lipinski definition) is 1. The van der Waals surface area contributed by atoms with Crippen LogP contribution >= 0.6 is 0 Å². The lowest BCUT2D eigenvalue weighted by Gasteiger charge is -2.20. The van der Waals surface area contributed by atoms with E-state index < -0.39 is 0 Å². The molecule has 0 fully saturated rings. The summed E-state index contributed by atoms with van der Waals surface area (Å²) in [6, 6.07) is 11.8. The molecule has 0 saturated carbocycles. The van der Waals surface area contributed by atoms with Crippen molar-refractivity contribution in [2.24, 2.45) is 0 Å². The highest BCUT2D eigenvalue weighted by atomic mass is 14.9. The molecule has 102 valence electrons. The van der Waals surface area contributed by atoms with Gasteiger partial charge in [-0.2, -0.15) is 0 Å². The monoisotopic (exact) mass is 247 g/mol. The minimum absolute atomic E-state index is 0.455. The summed E-state index contributed by atoms with van der Waals surface area (Å²) >= 11 is 0. The van der Waals surface area contributed by atoms with Crippen molar-refractivity contribution in [3.05, 3.63) is 35.9 Å². The van der Waals surface area contributed by atoms with Crippen molar-refractivity contribution >= 4 is 0 Å². The van der Waals surface area contributed by atoms with Gasteiger partial charge in [0.15, 0.2) is 0 Å². The lowest BCUT2D eigenvalue weighted by atomic mass is 10.0. The second-order valence-electron chi connectivity index (χ2n) is 5.40. The van der Waals surface area contributed by atoms with E-state index in [4.69, 9.17) is 0 Å². The summed E-state index contributed by atoms with van der Waals surface area (Å²) in [4.78, 5) is 0. The van der Waals surface area contributed by atoms with Crippen LogP contribution in [0.4, 0.5) is 0 Å². The van der Waals surface area contributed by atoms with Crippen LogP contribution in [0.2, 0.25) is 0 Å². The van der Waals surface area contributed by atoms with Crippen LogP contribution in [0, 0.1) is 0 Å². The molecule has 1 rings (SSSR count). The van der Waals surface area contributed by atoms with E-state index in [1.807, 2.05) is 0 Å². The van der Waals surface area contributed by atoms with Crippen molar-refractivity contribution in [2.45, 2.75) is 71.4 Å². The number of unbranched alkanes of at least 4 members (excludes halogenated alkanes) is 4. The highest BCUT2D eigenvalue weighted by Crippen LogP contribution is 2.14. The lowest BCUT2D eigenvalue weighted by molar-refractivity contribution is 0.436. The van der Waals surface area contributed by atoms with E-state index in [0.717, 1.165) is 0 Å². The van der Waals surface area contributed by atoms with Gasteiger partial charge in [-0.25, -0.2) is 0 Å². The predicted molar refractivity (Wildman–Crippen MR) is 80.8 cm³/mol. The minimum Gasteiger partial charge on any atom is -0.308 e. The maximum Gasteiger partial charge on any atom is 0.0294 e. The summed E-state index contributed by atoms with van der Waals surface area (Å²) in [5, 5.41) is 3.69. The van der Waals surface area contributed by atoms with E-state index in [1.54, 1.807) is 0 Å². The van der Waals surface area contributed by atoms with Crippen LogP contribution in [0.1, 0.15) is 70.9 Å². The third kappa shape index (κ3) is 6.20. The average molecular weight is 247 g/mol. The van der Waals surface area contributed by atoms with E-state index in [9.17, 15) is 0 Å². The molecule has 1 aromatic carbocycles. The Hall–Kier alpha value is -0.820. The molecule has 0 spiro atoms. The lowest BCUT2D eigenvalue weighted by Crippen LogP contribution is -2.28. The normalized spacial score (nSPS) is 14.4. The van der Waals surface area contributed by atoms with Gasteiger partial charge in [-0.15, -0.1) is 0 Å². The van der Waals surface area contributed by atoms with Crippen LogP contribution in [0.25, 0.3) is 0 Å². The minimum atomic E-state index is 0.455. The fraction of sp³-hybridized carbons (Fsp3) is 0.647. The molecule has 18 heavy (non-hydrogen) atoms. The SMILES string of the molecule is CCCCCCCC(C)N[C@H](C)c1ccccc1. The molecule has 0 aliphatic heterocycles. The first kappa shape index (κ1) is 15.2. The van der Waals surface area contributed by atoms with Gasteiger partial charge in [-0.1, -0.05) is 69.4 Å². The Labute approximate surface area is 113 Å². The van der Waals surface area contributed by atoms with Crippen molar-refractivity contribution in [3.8, 4) is 0 Å². The molecule has 1 nitrogen and oxygen atoms in total. The van der Waals surface area contributed by atoms with Gasteiger partial charge in [-0.3, -0.25) is 0 Å². The molecule has 0 saturated heterocycles. The number of rotatable bonds is 9. The maximum atomic E-state index is 3.69. The highest BCUT2D eigenvalue weighted by molar-refractivity contribution is 5.18. The van der Waals surface area contributed by atoms with Crippen molar-refractivity contribution in [2.75, 3.05) is 0 Å².